The molecule has 3 aromatic carbocycles. The van der Waals surface area contributed by atoms with Crippen LogP contribution in [0.3, 0.4) is 0 Å². The van der Waals surface area contributed by atoms with E-state index in [9.17, 15) is 19.5 Å². The molecule has 3 amide bonds. The van der Waals surface area contributed by atoms with Crippen LogP contribution in [-0.2, 0) is 22.6 Å². The van der Waals surface area contributed by atoms with Crippen LogP contribution in [0, 0.1) is 6.92 Å². The van der Waals surface area contributed by atoms with Gasteiger partial charge >= 0.3 is 0 Å². The molecular weight excluding hydrogens is 538 g/mol. The highest BCUT2D eigenvalue weighted by molar-refractivity contribution is 8.01. The molecule has 0 radical (unpaired) electrons. The fourth-order valence-corrected chi connectivity index (χ4v) is 7.15. The molecule has 3 heterocycles. The topological polar surface area (TPSA) is 119 Å². The molecule has 0 spiro atoms. The molecule has 2 fully saturated rings. The Labute approximate surface area is 241 Å². The van der Waals surface area contributed by atoms with E-state index in [2.05, 4.69) is 15.5 Å². The molecule has 4 atom stereocenters. The van der Waals surface area contributed by atoms with Gasteiger partial charge in [0.2, 0.25) is 5.91 Å². The number of nitrogens with one attached hydrogen (secondary N) is 2. The fourth-order valence-electron chi connectivity index (χ4n) is 5.78. The fraction of sp³-hybridized carbons (Fsp3) is 0.290. The van der Waals surface area contributed by atoms with E-state index in [4.69, 9.17) is 0 Å². The summed E-state index contributed by atoms with van der Waals surface area (Å²) in [5.74, 6) is -0.864. The summed E-state index contributed by atoms with van der Waals surface area (Å²) in [5, 5.41) is 21.9. The molecule has 0 bridgehead atoms. The number of H-pyrrole nitrogens is 1. The van der Waals surface area contributed by atoms with E-state index < -0.39 is 34.9 Å². The van der Waals surface area contributed by atoms with Crippen LogP contribution in [0.25, 0.3) is 10.9 Å². The predicted molar refractivity (Wildman–Crippen MR) is 157 cm³/mol. The highest BCUT2D eigenvalue weighted by Gasteiger charge is 2.65. The number of aryl methyl sites for hydroxylation is 1. The predicted octanol–water partition coefficient (Wildman–Crippen LogP) is 3.23. The van der Waals surface area contributed by atoms with Crippen LogP contribution in [0.15, 0.2) is 79.0 Å². The monoisotopic (exact) mass is 569 g/mol. The van der Waals surface area contributed by atoms with Crippen LogP contribution >= 0.6 is 11.8 Å². The van der Waals surface area contributed by atoms with Gasteiger partial charge in [0.1, 0.15) is 10.9 Å². The standard InChI is InChI=1S/C31H31N5O4S/c1-19-9-6-7-12-21(19)17-36-30(40)27-31(36,2)41-18-35(27)29(39)26(37)25(15-20-10-4-3-5-11-20)33-28(38)22-13-8-14-24-23(22)16-32-34-24/h3-14,16,25-27,37H,15,17-18H2,1-2H3,(H,32,34)(H,33,38)/t25-,26-,27+,31?/m0/s1. The smallest absolute Gasteiger partial charge is 0.255 e. The Morgan fingerprint density at radius 3 is 2.66 bits per heavy atom. The number of β-lactam (4-membered cyclic amide) rings is 1. The van der Waals surface area contributed by atoms with Crippen molar-refractivity contribution in [3.05, 3.63) is 101 Å². The van der Waals surface area contributed by atoms with Gasteiger partial charge in [-0.2, -0.15) is 5.10 Å². The number of nitrogens with zero attached hydrogens (tertiary/aromatic N) is 3. The molecule has 41 heavy (non-hydrogen) atoms. The van der Waals surface area contributed by atoms with E-state index in [1.807, 2.05) is 74.5 Å². The van der Waals surface area contributed by atoms with Crippen LogP contribution < -0.4 is 5.32 Å². The first-order valence-corrected chi connectivity index (χ1v) is 14.5. The van der Waals surface area contributed by atoms with E-state index >= 15 is 0 Å². The molecule has 0 aliphatic carbocycles. The third-order valence-corrected chi connectivity index (χ3v) is 9.64. The first kappa shape index (κ1) is 27.0. The van der Waals surface area contributed by atoms with Crippen molar-refractivity contribution in [1.82, 2.24) is 25.3 Å². The zero-order chi connectivity index (χ0) is 28.7. The Hall–Kier alpha value is -4.15. The zero-order valence-corrected chi connectivity index (χ0v) is 23.6. The summed E-state index contributed by atoms with van der Waals surface area (Å²) >= 11 is 1.52. The van der Waals surface area contributed by atoms with Crippen molar-refractivity contribution in [3.63, 3.8) is 0 Å². The van der Waals surface area contributed by atoms with Gasteiger partial charge in [-0.15, -0.1) is 11.8 Å². The maximum absolute atomic E-state index is 13.8. The van der Waals surface area contributed by atoms with Crippen molar-refractivity contribution in [2.45, 2.75) is 49.9 Å². The second kappa shape index (κ2) is 10.7. The Kier molecular flexibility index (Phi) is 7.04. The average Bonchev–Trinajstić information content (AvgIpc) is 3.59. The van der Waals surface area contributed by atoms with E-state index in [0.29, 0.717) is 23.0 Å². The number of hydrogen-bond acceptors (Lipinski definition) is 6. The van der Waals surface area contributed by atoms with Crippen LogP contribution in [0.2, 0.25) is 0 Å². The van der Waals surface area contributed by atoms with Gasteiger partial charge in [0, 0.05) is 11.9 Å². The second-order valence-corrected chi connectivity index (χ2v) is 12.1. The number of aromatic amines is 1. The molecule has 4 aromatic rings. The first-order chi connectivity index (χ1) is 19.8. The summed E-state index contributed by atoms with van der Waals surface area (Å²) in [6.07, 6.45) is 0.256. The van der Waals surface area contributed by atoms with Crippen molar-refractivity contribution in [2.75, 3.05) is 5.88 Å². The molecule has 0 saturated carbocycles. The summed E-state index contributed by atoms with van der Waals surface area (Å²) < 4.78 is 0. The number of aliphatic hydroxyl groups is 1. The minimum Gasteiger partial charge on any atom is -0.381 e. The lowest BCUT2D eigenvalue weighted by Crippen LogP contribution is -2.73. The molecule has 3 N–H and O–H groups in total. The Bertz CT molecular complexity index is 1630. The van der Waals surface area contributed by atoms with Gasteiger partial charge in [-0.25, -0.2) is 0 Å². The van der Waals surface area contributed by atoms with Crippen molar-refractivity contribution >= 4 is 40.4 Å². The largest absolute Gasteiger partial charge is 0.381 e. The first-order valence-electron chi connectivity index (χ1n) is 13.5. The van der Waals surface area contributed by atoms with Crippen LogP contribution in [0.4, 0.5) is 0 Å². The molecule has 9 nitrogen and oxygen atoms in total. The number of likely N-dealkylation sites (tertiary alicyclic amines) is 1. The molecule has 210 valence electrons. The molecular formula is C31H31N5O4S. The number of fused-ring (bicyclic) bond motifs is 2. The van der Waals surface area contributed by atoms with Crippen LogP contribution in [0.1, 0.15) is 34.0 Å². The van der Waals surface area contributed by atoms with E-state index in [-0.39, 0.29) is 18.2 Å². The summed E-state index contributed by atoms with van der Waals surface area (Å²) in [5.41, 5.74) is 4.12. The molecule has 6 rings (SSSR count). The molecule has 2 aliphatic rings. The lowest BCUT2D eigenvalue weighted by atomic mass is 9.91. The van der Waals surface area contributed by atoms with E-state index in [1.165, 1.54) is 16.7 Å². The summed E-state index contributed by atoms with van der Waals surface area (Å²) in [4.78, 5) is 43.3. The maximum atomic E-state index is 13.8. The summed E-state index contributed by atoms with van der Waals surface area (Å²) in [6.45, 7) is 4.44. The number of carbonyl (C=O) groups excluding carboxylic acids is 3. The van der Waals surface area contributed by atoms with Crippen molar-refractivity contribution in [1.29, 1.82) is 0 Å². The number of aliphatic hydroxyl groups excluding tert-OH is 1. The van der Waals surface area contributed by atoms with Crippen molar-refractivity contribution in [2.24, 2.45) is 0 Å². The maximum Gasteiger partial charge on any atom is 0.255 e. The number of aromatic nitrogens is 2. The lowest BCUT2D eigenvalue weighted by Gasteiger charge is -2.53. The minimum absolute atomic E-state index is 0.142. The number of rotatable bonds is 8. The quantitative estimate of drug-likeness (QED) is 0.281. The highest BCUT2D eigenvalue weighted by Crippen LogP contribution is 2.51. The van der Waals surface area contributed by atoms with Crippen molar-refractivity contribution in [3.8, 4) is 0 Å². The van der Waals surface area contributed by atoms with Crippen LogP contribution in [-0.4, -0.2) is 71.8 Å². The Balaban J connectivity index is 1.22. The third kappa shape index (κ3) is 4.76. The molecule has 2 aliphatic heterocycles. The van der Waals surface area contributed by atoms with Gasteiger partial charge in [-0.05, 0) is 49.1 Å². The lowest BCUT2D eigenvalue weighted by molar-refractivity contribution is -0.168. The summed E-state index contributed by atoms with van der Waals surface area (Å²) in [7, 11) is 0. The van der Waals surface area contributed by atoms with Gasteiger partial charge in [-0.3, -0.25) is 19.5 Å². The van der Waals surface area contributed by atoms with Gasteiger partial charge < -0.3 is 20.2 Å². The zero-order valence-electron chi connectivity index (χ0n) is 22.8. The van der Waals surface area contributed by atoms with E-state index in [1.54, 1.807) is 23.2 Å². The van der Waals surface area contributed by atoms with Gasteiger partial charge in [0.05, 0.1) is 29.2 Å². The normalized spacial score (nSPS) is 21.3. The number of hydrogen-bond donors (Lipinski definition) is 3. The van der Waals surface area contributed by atoms with Crippen LogP contribution in [0.5, 0.6) is 0 Å². The highest BCUT2D eigenvalue weighted by atomic mass is 32.2. The molecule has 2 saturated heterocycles. The number of thioether (sulfide) groups is 1. The van der Waals surface area contributed by atoms with E-state index in [0.717, 1.165) is 16.7 Å². The molecule has 1 aromatic heterocycles. The molecule has 10 heteroatoms. The minimum atomic E-state index is -1.55. The van der Waals surface area contributed by atoms with Gasteiger partial charge in [0.25, 0.3) is 11.8 Å². The Morgan fingerprint density at radius 2 is 1.88 bits per heavy atom. The number of benzene rings is 3. The summed E-state index contributed by atoms with van der Waals surface area (Å²) in [6, 6.07) is 21.0. The van der Waals surface area contributed by atoms with Gasteiger partial charge in [0.15, 0.2) is 6.10 Å². The average molecular weight is 570 g/mol. The van der Waals surface area contributed by atoms with Gasteiger partial charge in [-0.1, -0.05) is 60.7 Å². The molecule has 1 unspecified atom stereocenters. The Morgan fingerprint density at radius 1 is 1.12 bits per heavy atom. The third-order valence-electron chi connectivity index (χ3n) is 8.20. The second-order valence-electron chi connectivity index (χ2n) is 10.7. The number of carbonyl (C=O) groups is 3. The number of amides is 3. The van der Waals surface area contributed by atoms with Crippen molar-refractivity contribution < 1.29 is 19.5 Å². The SMILES string of the molecule is Cc1ccccc1CN1C(=O)[C@H]2N(C(=O)[C@@H](O)[C@H](Cc3ccccc3)NC(=O)c3cccc4[nH]ncc34)CSC21C.